The second-order valence-corrected chi connectivity index (χ2v) is 9.72. The highest BCUT2D eigenvalue weighted by molar-refractivity contribution is 5.85. The molecule has 0 atom stereocenters. The van der Waals surface area contributed by atoms with Gasteiger partial charge < -0.3 is 16.0 Å². The van der Waals surface area contributed by atoms with E-state index in [0.29, 0.717) is 23.9 Å². The van der Waals surface area contributed by atoms with Gasteiger partial charge in [-0.05, 0) is 25.7 Å². The van der Waals surface area contributed by atoms with Crippen molar-refractivity contribution >= 4 is 17.8 Å². The molecule has 0 aromatic carbocycles. The van der Waals surface area contributed by atoms with Gasteiger partial charge in [0, 0.05) is 19.0 Å². The number of hydrogen-bond acceptors (Lipinski definition) is 5. The topological polar surface area (TPSA) is 142 Å². The standard InChI is InChI=1S/C27H46FN5O5/c1-3-15-21(16-4-2)24(35)31-19-23(34)29-17-13-11-9-7-5-6-8-10-12-14-18-30-26(37)33-20-22(28)25(36)32-27(33)38/h20-21H,3-19H2,1-2H3,(H,29,34)(H,30,37)(H,31,35)(H,32,36,38). The Morgan fingerprint density at radius 3 is 1.84 bits per heavy atom. The van der Waals surface area contributed by atoms with E-state index in [1.54, 1.807) is 4.98 Å². The van der Waals surface area contributed by atoms with Crippen molar-refractivity contribution in [1.82, 2.24) is 25.5 Å². The van der Waals surface area contributed by atoms with Crippen molar-refractivity contribution in [2.75, 3.05) is 19.6 Å². The monoisotopic (exact) mass is 539 g/mol. The predicted octanol–water partition coefficient (Wildman–Crippen LogP) is 3.58. The van der Waals surface area contributed by atoms with Crippen LogP contribution in [0.1, 0.15) is 104 Å². The Labute approximate surface area is 224 Å². The molecule has 0 saturated heterocycles. The summed E-state index contributed by atoms with van der Waals surface area (Å²) in [5, 5.41) is 8.18. The van der Waals surface area contributed by atoms with Gasteiger partial charge in [-0.25, -0.2) is 14.2 Å². The van der Waals surface area contributed by atoms with Crippen LogP contribution >= 0.6 is 0 Å². The number of halogens is 1. The largest absolute Gasteiger partial charge is 0.355 e. The molecule has 0 aliphatic carbocycles. The number of hydrogen-bond donors (Lipinski definition) is 4. The number of rotatable bonds is 20. The highest BCUT2D eigenvalue weighted by atomic mass is 19.1. The minimum Gasteiger partial charge on any atom is -0.355 e. The lowest BCUT2D eigenvalue weighted by Gasteiger charge is -2.15. The summed E-state index contributed by atoms with van der Waals surface area (Å²) >= 11 is 0. The van der Waals surface area contributed by atoms with Gasteiger partial charge in [0.25, 0.3) is 5.56 Å². The summed E-state index contributed by atoms with van der Waals surface area (Å²) in [4.78, 5) is 60.3. The molecule has 0 bridgehead atoms. The van der Waals surface area contributed by atoms with Gasteiger partial charge in [0.1, 0.15) is 0 Å². The molecule has 0 radical (unpaired) electrons. The lowest BCUT2D eigenvalue weighted by atomic mass is 9.97. The molecule has 3 amide bonds. The molecule has 4 N–H and O–H groups in total. The molecule has 0 aliphatic heterocycles. The van der Waals surface area contributed by atoms with Crippen LogP contribution in [0.15, 0.2) is 15.8 Å². The molecule has 10 nitrogen and oxygen atoms in total. The fourth-order valence-corrected chi connectivity index (χ4v) is 4.25. The molecule has 0 aliphatic rings. The van der Waals surface area contributed by atoms with Crippen LogP contribution in [0.2, 0.25) is 0 Å². The van der Waals surface area contributed by atoms with E-state index in [0.717, 1.165) is 89.9 Å². The van der Waals surface area contributed by atoms with Crippen molar-refractivity contribution in [3.05, 3.63) is 32.9 Å². The number of carbonyl (C=O) groups is 3. The maximum atomic E-state index is 13.2. The van der Waals surface area contributed by atoms with Crippen molar-refractivity contribution in [3.63, 3.8) is 0 Å². The molecule has 0 unspecified atom stereocenters. The van der Waals surface area contributed by atoms with Gasteiger partial charge in [0.15, 0.2) is 0 Å². The highest BCUT2D eigenvalue weighted by Crippen LogP contribution is 2.13. The SMILES string of the molecule is CCCC(CCC)C(=O)NCC(=O)NCCCCCCCCCCCCNC(=O)n1cc(F)c(=O)[nH]c1=O. The van der Waals surface area contributed by atoms with E-state index in [2.05, 4.69) is 29.8 Å². The zero-order valence-electron chi connectivity index (χ0n) is 23.0. The first-order valence-corrected chi connectivity index (χ1v) is 14.1. The molecule has 0 fully saturated rings. The van der Waals surface area contributed by atoms with E-state index in [-0.39, 0.29) is 24.3 Å². The smallest absolute Gasteiger partial charge is 0.336 e. The summed E-state index contributed by atoms with van der Waals surface area (Å²) in [6, 6.07) is -0.764. The number of aromatic nitrogens is 2. The van der Waals surface area contributed by atoms with E-state index < -0.39 is 23.1 Å². The van der Waals surface area contributed by atoms with Crippen LogP contribution in [0.3, 0.4) is 0 Å². The van der Waals surface area contributed by atoms with Crippen LogP contribution in [0.4, 0.5) is 9.18 Å². The molecule has 38 heavy (non-hydrogen) atoms. The third-order valence-electron chi connectivity index (χ3n) is 6.39. The maximum absolute atomic E-state index is 13.2. The molecule has 0 spiro atoms. The maximum Gasteiger partial charge on any atom is 0.336 e. The van der Waals surface area contributed by atoms with E-state index in [9.17, 15) is 28.4 Å². The normalized spacial score (nSPS) is 10.9. The number of unbranched alkanes of at least 4 members (excludes halogenated alkanes) is 9. The summed E-state index contributed by atoms with van der Waals surface area (Å²) in [6.45, 7) is 5.17. The minimum absolute atomic E-state index is 0.00163. The first-order chi connectivity index (χ1) is 18.3. The Balaban J connectivity index is 1.94. The summed E-state index contributed by atoms with van der Waals surface area (Å²) < 4.78 is 13.8. The molecule has 11 heteroatoms. The van der Waals surface area contributed by atoms with Gasteiger partial charge in [-0.2, -0.15) is 4.39 Å². The van der Waals surface area contributed by atoms with Crippen molar-refractivity contribution in [2.24, 2.45) is 5.92 Å². The van der Waals surface area contributed by atoms with Gasteiger partial charge in [-0.15, -0.1) is 0 Å². The van der Waals surface area contributed by atoms with Gasteiger partial charge in [0.2, 0.25) is 17.6 Å². The van der Waals surface area contributed by atoms with Crippen molar-refractivity contribution in [2.45, 2.75) is 104 Å². The van der Waals surface area contributed by atoms with Gasteiger partial charge in [-0.3, -0.25) is 19.4 Å². The lowest BCUT2D eigenvalue weighted by molar-refractivity contribution is -0.128. The van der Waals surface area contributed by atoms with Crippen LogP contribution in [-0.2, 0) is 9.59 Å². The van der Waals surface area contributed by atoms with Crippen LogP contribution in [0, 0.1) is 11.7 Å². The summed E-state index contributed by atoms with van der Waals surface area (Å²) in [7, 11) is 0. The molecular formula is C27H46FN5O5. The second-order valence-electron chi connectivity index (χ2n) is 9.72. The highest BCUT2D eigenvalue weighted by Gasteiger charge is 2.17. The van der Waals surface area contributed by atoms with Crippen molar-refractivity contribution in [1.29, 1.82) is 0 Å². The van der Waals surface area contributed by atoms with E-state index >= 15 is 0 Å². The predicted molar refractivity (Wildman–Crippen MR) is 146 cm³/mol. The molecule has 0 saturated carbocycles. The minimum atomic E-state index is -1.19. The van der Waals surface area contributed by atoms with Crippen molar-refractivity contribution < 1.29 is 18.8 Å². The first kappa shape index (κ1) is 33.0. The Hall–Kier alpha value is -2.98. The molecular weight excluding hydrogens is 493 g/mol. The van der Waals surface area contributed by atoms with Gasteiger partial charge >= 0.3 is 11.7 Å². The number of nitrogens with one attached hydrogen (secondary N) is 4. The van der Waals surface area contributed by atoms with Crippen molar-refractivity contribution in [3.8, 4) is 0 Å². The third kappa shape index (κ3) is 14.1. The van der Waals surface area contributed by atoms with Crippen LogP contribution < -0.4 is 27.2 Å². The second kappa shape index (κ2) is 20.0. The van der Waals surface area contributed by atoms with E-state index in [1.165, 1.54) is 0 Å². The molecule has 1 aromatic heterocycles. The number of H-pyrrole nitrogens is 1. The summed E-state index contributed by atoms with van der Waals surface area (Å²) in [5.41, 5.74) is -2.12. The quantitative estimate of drug-likeness (QED) is 0.187. The van der Waals surface area contributed by atoms with E-state index in [4.69, 9.17) is 0 Å². The molecule has 1 rings (SSSR count). The zero-order valence-corrected chi connectivity index (χ0v) is 23.0. The number of aromatic amines is 1. The van der Waals surface area contributed by atoms with E-state index in [1.807, 2.05) is 0 Å². The third-order valence-corrected chi connectivity index (χ3v) is 6.39. The number of carbonyl (C=O) groups excluding carboxylic acids is 3. The zero-order chi connectivity index (χ0) is 28.2. The molecule has 1 aromatic rings. The Kier molecular flexibility index (Phi) is 17.4. The lowest BCUT2D eigenvalue weighted by Crippen LogP contribution is -2.40. The van der Waals surface area contributed by atoms with Gasteiger partial charge in [-0.1, -0.05) is 78.1 Å². The fraction of sp³-hybridized carbons (Fsp3) is 0.741. The number of nitrogens with zero attached hydrogens (tertiary/aromatic N) is 1. The Morgan fingerprint density at radius 1 is 0.816 bits per heavy atom. The average Bonchev–Trinajstić information content (AvgIpc) is 2.89. The van der Waals surface area contributed by atoms with Gasteiger partial charge in [0.05, 0.1) is 12.7 Å². The average molecular weight is 540 g/mol. The van der Waals surface area contributed by atoms with Crippen LogP contribution in [0.5, 0.6) is 0 Å². The summed E-state index contributed by atoms with van der Waals surface area (Å²) in [6.07, 6.45) is 14.6. The van der Waals surface area contributed by atoms with Crippen LogP contribution in [-0.4, -0.2) is 47.0 Å². The Bertz CT molecular complexity index is 956. The fourth-order valence-electron chi connectivity index (χ4n) is 4.25. The molecule has 1 heterocycles. The number of amides is 3. The summed E-state index contributed by atoms with van der Waals surface area (Å²) in [5.74, 6) is -1.34. The first-order valence-electron chi connectivity index (χ1n) is 14.1. The molecule has 216 valence electrons. The Morgan fingerprint density at radius 2 is 1.32 bits per heavy atom. The van der Waals surface area contributed by atoms with Crippen LogP contribution in [0.25, 0.3) is 0 Å².